The number of hydrogen-bond acceptors (Lipinski definition) is 4. The molecule has 28 heavy (non-hydrogen) atoms. The van der Waals surface area contributed by atoms with Gasteiger partial charge in [-0.3, -0.25) is 4.79 Å². The van der Waals surface area contributed by atoms with E-state index in [4.69, 9.17) is 0 Å². The van der Waals surface area contributed by atoms with Gasteiger partial charge < -0.3 is 9.88 Å². The molecule has 0 unspecified atom stereocenters. The van der Waals surface area contributed by atoms with Crippen LogP contribution in [0.4, 0.5) is 0 Å². The van der Waals surface area contributed by atoms with Crippen molar-refractivity contribution in [2.45, 2.75) is 36.9 Å². The molecule has 1 fully saturated rings. The lowest BCUT2D eigenvalue weighted by atomic mass is 10.0. The highest BCUT2D eigenvalue weighted by molar-refractivity contribution is 7.99. The van der Waals surface area contributed by atoms with Gasteiger partial charge in [0, 0.05) is 13.0 Å². The third-order valence-electron chi connectivity index (χ3n) is 5.04. The number of hydrogen-bond donors (Lipinski definition) is 1. The number of carbonyl (C=O) groups is 1. The van der Waals surface area contributed by atoms with Crippen LogP contribution < -0.4 is 5.32 Å². The zero-order valence-corrected chi connectivity index (χ0v) is 16.9. The van der Waals surface area contributed by atoms with Crippen LogP contribution in [0.1, 0.15) is 43.1 Å². The average molecular weight is 393 g/mol. The number of nitrogens with zero attached hydrogens (tertiary/aromatic N) is 3. The van der Waals surface area contributed by atoms with Crippen LogP contribution >= 0.6 is 11.8 Å². The topological polar surface area (TPSA) is 59.8 Å². The second-order valence-corrected chi connectivity index (χ2v) is 8.18. The van der Waals surface area contributed by atoms with Crippen LogP contribution in [-0.2, 0) is 11.8 Å². The molecular weight excluding hydrogens is 368 g/mol. The predicted octanol–water partition coefficient (Wildman–Crippen LogP) is 4.33. The van der Waals surface area contributed by atoms with E-state index in [0.29, 0.717) is 11.7 Å². The van der Waals surface area contributed by atoms with Gasteiger partial charge in [0.15, 0.2) is 5.16 Å². The normalized spacial score (nSPS) is 14.6. The summed E-state index contributed by atoms with van der Waals surface area (Å²) in [4.78, 5) is 12.4. The standard InChI is InChI=1S/C22H24N4OS/c1-15(16-8-10-18(11-9-16)17-6-4-3-5-7-17)23-20(27)14-28-22-25-24-21(26(22)2)19-12-13-19/h3-11,15,19H,12-14H2,1-2H3,(H,23,27)/t15-/m0/s1. The van der Waals surface area contributed by atoms with Gasteiger partial charge in [0.05, 0.1) is 11.8 Å². The highest BCUT2D eigenvalue weighted by Crippen LogP contribution is 2.39. The van der Waals surface area contributed by atoms with Crippen molar-refractivity contribution in [2.24, 2.45) is 7.05 Å². The van der Waals surface area contributed by atoms with Crippen LogP contribution in [0.3, 0.4) is 0 Å². The summed E-state index contributed by atoms with van der Waals surface area (Å²) in [5.41, 5.74) is 3.45. The molecule has 1 aliphatic rings. The molecule has 2 aromatic carbocycles. The van der Waals surface area contributed by atoms with Gasteiger partial charge >= 0.3 is 0 Å². The maximum absolute atomic E-state index is 12.4. The third kappa shape index (κ3) is 4.28. The van der Waals surface area contributed by atoms with Gasteiger partial charge in [-0.25, -0.2) is 0 Å². The van der Waals surface area contributed by atoms with E-state index in [9.17, 15) is 4.79 Å². The van der Waals surface area contributed by atoms with E-state index in [1.165, 1.54) is 35.7 Å². The van der Waals surface area contributed by atoms with E-state index >= 15 is 0 Å². The van der Waals surface area contributed by atoms with E-state index < -0.39 is 0 Å². The number of carbonyl (C=O) groups excluding carboxylic acids is 1. The van der Waals surface area contributed by atoms with Gasteiger partial charge in [0.25, 0.3) is 0 Å². The molecule has 0 radical (unpaired) electrons. The lowest BCUT2D eigenvalue weighted by molar-refractivity contribution is -0.119. The first-order valence-corrected chi connectivity index (χ1v) is 10.6. The Hall–Kier alpha value is -2.60. The number of benzene rings is 2. The lowest BCUT2D eigenvalue weighted by Gasteiger charge is -2.15. The molecule has 1 amide bonds. The van der Waals surface area contributed by atoms with Gasteiger partial charge in [-0.15, -0.1) is 10.2 Å². The molecule has 0 bridgehead atoms. The molecule has 1 aromatic heterocycles. The lowest BCUT2D eigenvalue weighted by Crippen LogP contribution is -2.28. The quantitative estimate of drug-likeness (QED) is 0.608. The van der Waals surface area contributed by atoms with E-state index in [0.717, 1.165) is 16.5 Å². The first-order valence-electron chi connectivity index (χ1n) is 9.58. The Morgan fingerprint density at radius 3 is 2.46 bits per heavy atom. The first kappa shape index (κ1) is 18.7. The summed E-state index contributed by atoms with van der Waals surface area (Å²) in [7, 11) is 1.98. The molecule has 1 aliphatic carbocycles. The summed E-state index contributed by atoms with van der Waals surface area (Å²) in [6, 6.07) is 18.6. The van der Waals surface area contributed by atoms with Crippen molar-refractivity contribution in [2.75, 3.05) is 5.75 Å². The van der Waals surface area contributed by atoms with Crippen molar-refractivity contribution >= 4 is 17.7 Å². The van der Waals surface area contributed by atoms with E-state index in [1.807, 2.05) is 36.7 Å². The number of aromatic nitrogens is 3. The summed E-state index contributed by atoms with van der Waals surface area (Å²) in [6.45, 7) is 2.01. The number of nitrogens with one attached hydrogen (secondary N) is 1. The molecule has 6 heteroatoms. The van der Waals surface area contributed by atoms with Crippen LogP contribution in [0.5, 0.6) is 0 Å². The van der Waals surface area contributed by atoms with Crippen molar-refractivity contribution in [1.29, 1.82) is 0 Å². The molecule has 4 rings (SSSR count). The highest BCUT2D eigenvalue weighted by atomic mass is 32.2. The Morgan fingerprint density at radius 1 is 1.11 bits per heavy atom. The zero-order chi connectivity index (χ0) is 19.5. The molecule has 1 atom stereocenters. The Morgan fingerprint density at radius 2 is 1.79 bits per heavy atom. The molecule has 5 nitrogen and oxygen atoms in total. The molecule has 1 heterocycles. The molecule has 0 spiro atoms. The third-order valence-corrected chi connectivity index (χ3v) is 6.06. The molecule has 144 valence electrons. The van der Waals surface area contributed by atoms with Crippen LogP contribution in [0.25, 0.3) is 11.1 Å². The second-order valence-electron chi connectivity index (χ2n) is 7.24. The minimum absolute atomic E-state index is 0.000563. The molecule has 1 saturated carbocycles. The number of rotatable bonds is 7. The van der Waals surface area contributed by atoms with Crippen molar-refractivity contribution in [3.8, 4) is 11.1 Å². The van der Waals surface area contributed by atoms with Crippen molar-refractivity contribution < 1.29 is 4.79 Å². The van der Waals surface area contributed by atoms with Crippen LogP contribution in [0.15, 0.2) is 59.8 Å². The van der Waals surface area contributed by atoms with Gasteiger partial charge in [-0.1, -0.05) is 66.4 Å². The SMILES string of the molecule is C[C@H](NC(=O)CSc1nnc(C2CC2)n1C)c1ccc(-c2ccccc2)cc1. The molecular formula is C22H24N4OS. The Kier molecular flexibility index (Phi) is 5.48. The summed E-state index contributed by atoms with van der Waals surface area (Å²) in [5.74, 6) is 1.93. The van der Waals surface area contributed by atoms with Crippen LogP contribution in [0.2, 0.25) is 0 Å². The predicted molar refractivity (Wildman–Crippen MR) is 112 cm³/mol. The van der Waals surface area contributed by atoms with Crippen molar-refractivity contribution in [3.63, 3.8) is 0 Å². The minimum atomic E-state index is -0.0422. The zero-order valence-electron chi connectivity index (χ0n) is 16.1. The maximum Gasteiger partial charge on any atom is 0.230 e. The van der Waals surface area contributed by atoms with Gasteiger partial charge in [0.1, 0.15) is 5.82 Å². The molecule has 0 saturated heterocycles. The molecule has 3 aromatic rings. The smallest absolute Gasteiger partial charge is 0.230 e. The first-order chi connectivity index (χ1) is 13.6. The minimum Gasteiger partial charge on any atom is -0.349 e. The summed E-state index contributed by atoms with van der Waals surface area (Å²) >= 11 is 1.44. The van der Waals surface area contributed by atoms with Gasteiger partial charge in [0.2, 0.25) is 5.91 Å². The van der Waals surface area contributed by atoms with E-state index in [-0.39, 0.29) is 11.9 Å². The summed E-state index contributed by atoms with van der Waals surface area (Å²) in [6.07, 6.45) is 2.38. The van der Waals surface area contributed by atoms with E-state index in [1.54, 1.807) is 0 Å². The second kappa shape index (κ2) is 8.19. The number of amides is 1. The summed E-state index contributed by atoms with van der Waals surface area (Å²) in [5, 5.41) is 12.4. The average Bonchev–Trinajstić information content (AvgIpc) is 3.50. The van der Waals surface area contributed by atoms with E-state index in [2.05, 4.69) is 51.9 Å². The van der Waals surface area contributed by atoms with Gasteiger partial charge in [-0.2, -0.15) is 0 Å². The fraction of sp³-hybridized carbons (Fsp3) is 0.318. The highest BCUT2D eigenvalue weighted by Gasteiger charge is 2.29. The van der Waals surface area contributed by atoms with Crippen LogP contribution in [-0.4, -0.2) is 26.4 Å². The van der Waals surface area contributed by atoms with Crippen molar-refractivity contribution in [3.05, 3.63) is 66.0 Å². The molecule has 0 aliphatic heterocycles. The monoisotopic (exact) mass is 392 g/mol. The maximum atomic E-state index is 12.4. The van der Waals surface area contributed by atoms with Gasteiger partial charge in [-0.05, 0) is 36.5 Å². The van der Waals surface area contributed by atoms with Crippen molar-refractivity contribution in [1.82, 2.24) is 20.1 Å². The fourth-order valence-corrected chi connectivity index (χ4v) is 3.97. The molecule has 1 N–H and O–H groups in total. The Balaban J connectivity index is 1.31. The largest absolute Gasteiger partial charge is 0.349 e. The number of thioether (sulfide) groups is 1. The fourth-order valence-electron chi connectivity index (χ4n) is 3.24. The Labute approximate surface area is 169 Å². The Bertz CT molecular complexity index is 948. The summed E-state index contributed by atoms with van der Waals surface area (Å²) < 4.78 is 2.02. The van der Waals surface area contributed by atoms with Crippen LogP contribution in [0, 0.1) is 0 Å².